The maximum atomic E-state index is 12.4. The highest BCUT2D eigenvalue weighted by Gasteiger charge is 2.45. The number of carbonyl (C=O) groups excluding carboxylic acids is 1. The number of piperidine rings is 1. The summed E-state index contributed by atoms with van der Waals surface area (Å²) < 4.78 is 0. The van der Waals surface area contributed by atoms with Crippen molar-refractivity contribution in [2.75, 3.05) is 32.7 Å². The lowest BCUT2D eigenvalue weighted by Crippen LogP contribution is -2.62. The molecule has 2 aliphatic heterocycles. The Labute approximate surface area is 107 Å². The number of nitrogens with zero attached hydrogens (tertiary/aromatic N) is 2. The largest absolute Gasteiger partial charge is 0.480 e. The normalized spacial score (nSPS) is 29.2. The molecule has 0 spiro atoms. The van der Waals surface area contributed by atoms with Crippen molar-refractivity contribution in [1.82, 2.24) is 15.1 Å². The lowest BCUT2D eigenvalue weighted by atomic mass is 9.89. The Hall–Kier alpha value is -1.30. The summed E-state index contributed by atoms with van der Waals surface area (Å²) in [6.07, 6.45) is 2.30. The third-order valence-corrected chi connectivity index (χ3v) is 3.97. The molecule has 1 atom stereocenters. The Bertz CT molecular complexity index is 341. The molecule has 2 saturated heterocycles. The first kappa shape index (κ1) is 13.1. The predicted molar refractivity (Wildman–Crippen MR) is 66.4 cm³/mol. The first-order valence-electron chi connectivity index (χ1n) is 6.56. The number of carboxylic acid groups (broad SMARTS) is 1. The molecule has 0 radical (unpaired) electrons. The van der Waals surface area contributed by atoms with Crippen LogP contribution < -0.4 is 5.32 Å². The maximum Gasteiger partial charge on any atom is 0.329 e. The monoisotopic (exact) mass is 255 g/mol. The van der Waals surface area contributed by atoms with Crippen molar-refractivity contribution in [3.8, 4) is 0 Å². The molecule has 2 heterocycles. The van der Waals surface area contributed by atoms with E-state index >= 15 is 0 Å². The fourth-order valence-electron chi connectivity index (χ4n) is 2.68. The van der Waals surface area contributed by atoms with E-state index < -0.39 is 11.5 Å². The molecule has 102 valence electrons. The number of rotatable bonds is 1. The predicted octanol–water partition coefficient (Wildman–Crippen LogP) is 0.341. The topological polar surface area (TPSA) is 72.9 Å². The van der Waals surface area contributed by atoms with Crippen LogP contribution in [0.5, 0.6) is 0 Å². The molecule has 0 aromatic carbocycles. The van der Waals surface area contributed by atoms with E-state index in [1.54, 1.807) is 16.7 Å². The van der Waals surface area contributed by atoms with Crippen molar-refractivity contribution < 1.29 is 14.7 Å². The fraction of sp³-hybridized carbons (Fsp3) is 0.833. The second kappa shape index (κ2) is 5.14. The van der Waals surface area contributed by atoms with Crippen LogP contribution >= 0.6 is 0 Å². The minimum atomic E-state index is -1.04. The van der Waals surface area contributed by atoms with Gasteiger partial charge >= 0.3 is 12.0 Å². The van der Waals surface area contributed by atoms with Crippen LogP contribution in [0.25, 0.3) is 0 Å². The average Bonchev–Trinajstić information content (AvgIpc) is 2.39. The minimum Gasteiger partial charge on any atom is -0.480 e. The summed E-state index contributed by atoms with van der Waals surface area (Å²) in [6.45, 7) is 5.09. The van der Waals surface area contributed by atoms with Crippen molar-refractivity contribution in [3.63, 3.8) is 0 Å². The van der Waals surface area contributed by atoms with Crippen LogP contribution in [0.4, 0.5) is 4.79 Å². The number of hydrogen-bond acceptors (Lipinski definition) is 3. The number of likely N-dealkylation sites (tertiary alicyclic amines) is 1. The van der Waals surface area contributed by atoms with Crippen LogP contribution in [-0.2, 0) is 4.79 Å². The van der Waals surface area contributed by atoms with Gasteiger partial charge < -0.3 is 20.2 Å². The summed E-state index contributed by atoms with van der Waals surface area (Å²) in [4.78, 5) is 27.2. The van der Waals surface area contributed by atoms with Crippen LogP contribution in [0.1, 0.15) is 26.2 Å². The van der Waals surface area contributed by atoms with Gasteiger partial charge in [-0.1, -0.05) is 0 Å². The Morgan fingerprint density at radius 3 is 2.44 bits per heavy atom. The molecule has 6 heteroatoms. The van der Waals surface area contributed by atoms with Crippen LogP contribution in [0, 0.1) is 0 Å². The van der Waals surface area contributed by atoms with E-state index in [9.17, 15) is 14.7 Å². The summed E-state index contributed by atoms with van der Waals surface area (Å²) in [7, 11) is 0. The van der Waals surface area contributed by atoms with Gasteiger partial charge in [0.1, 0.15) is 5.54 Å². The lowest BCUT2D eigenvalue weighted by molar-refractivity contribution is -0.150. The van der Waals surface area contributed by atoms with E-state index in [1.165, 1.54) is 0 Å². The Kier molecular flexibility index (Phi) is 3.75. The van der Waals surface area contributed by atoms with Crippen LogP contribution in [0.3, 0.4) is 0 Å². The lowest BCUT2D eigenvalue weighted by Gasteiger charge is -2.44. The van der Waals surface area contributed by atoms with E-state index in [0.29, 0.717) is 26.1 Å². The number of piperazine rings is 1. The molecule has 2 fully saturated rings. The zero-order valence-corrected chi connectivity index (χ0v) is 10.8. The van der Waals surface area contributed by atoms with Gasteiger partial charge in [0, 0.05) is 32.7 Å². The van der Waals surface area contributed by atoms with Crippen LogP contribution in [-0.4, -0.2) is 65.2 Å². The molecule has 2 rings (SSSR count). The highest BCUT2D eigenvalue weighted by molar-refractivity contribution is 5.86. The summed E-state index contributed by atoms with van der Waals surface area (Å²) in [5, 5.41) is 12.6. The molecule has 18 heavy (non-hydrogen) atoms. The van der Waals surface area contributed by atoms with Gasteiger partial charge in [-0.25, -0.2) is 9.59 Å². The van der Waals surface area contributed by atoms with Gasteiger partial charge in [0.25, 0.3) is 0 Å². The minimum absolute atomic E-state index is 0.124. The summed E-state index contributed by atoms with van der Waals surface area (Å²) in [6, 6.07) is -0.124. The molecular weight excluding hydrogens is 234 g/mol. The SMILES string of the molecule is CC1(C(=O)O)CCCCN1C(=O)N1CCNCC1. The Morgan fingerprint density at radius 1 is 1.17 bits per heavy atom. The van der Waals surface area contributed by atoms with Gasteiger partial charge in [0.2, 0.25) is 0 Å². The van der Waals surface area contributed by atoms with Crippen molar-refractivity contribution in [2.45, 2.75) is 31.7 Å². The summed E-state index contributed by atoms with van der Waals surface area (Å²) in [5.41, 5.74) is -1.04. The highest BCUT2D eigenvalue weighted by Crippen LogP contribution is 2.29. The number of hydrogen-bond donors (Lipinski definition) is 2. The zero-order valence-electron chi connectivity index (χ0n) is 10.8. The maximum absolute atomic E-state index is 12.4. The molecule has 6 nitrogen and oxygen atoms in total. The second-order valence-corrected chi connectivity index (χ2v) is 5.21. The molecule has 0 bridgehead atoms. The van der Waals surface area contributed by atoms with E-state index in [4.69, 9.17) is 0 Å². The van der Waals surface area contributed by atoms with E-state index in [1.807, 2.05) is 0 Å². The van der Waals surface area contributed by atoms with Gasteiger partial charge in [-0.2, -0.15) is 0 Å². The highest BCUT2D eigenvalue weighted by atomic mass is 16.4. The molecule has 0 aliphatic carbocycles. The Balaban J connectivity index is 2.13. The third kappa shape index (κ3) is 2.29. The number of aliphatic carboxylic acids is 1. The molecule has 1 unspecified atom stereocenters. The van der Waals surface area contributed by atoms with Gasteiger partial charge in [-0.3, -0.25) is 0 Å². The van der Waals surface area contributed by atoms with E-state index in [-0.39, 0.29) is 6.03 Å². The third-order valence-electron chi connectivity index (χ3n) is 3.97. The molecule has 2 aliphatic rings. The second-order valence-electron chi connectivity index (χ2n) is 5.21. The molecule has 0 aromatic heterocycles. The number of nitrogens with one attached hydrogen (secondary N) is 1. The van der Waals surface area contributed by atoms with Gasteiger partial charge in [-0.05, 0) is 26.2 Å². The van der Waals surface area contributed by atoms with Gasteiger partial charge in [0.05, 0.1) is 0 Å². The zero-order chi connectivity index (χ0) is 13.2. The summed E-state index contributed by atoms with van der Waals surface area (Å²) in [5.74, 6) is -0.898. The summed E-state index contributed by atoms with van der Waals surface area (Å²) >= 11 is 0. The standard InChI is InChI=1S/C12H21N3O3/c1-12(10(16)17)4-2-3-7-15(12)11(18)14-8-5-13-6-9-14/h13H,2-9H2,1H3,(H,16,17). The van der Waals surface area contributed by atoms with Crippen LogP contribution in [0.15, 0.2) is 0 Å². The van der Waals surface area contributed by atoms with Crippen molar-refractivity contribution in [1.29, 1.82) is 0 Å². The Morgan fingerprint density at radius 2 is 1.83 bits per heavy atom. The van der Waals surface area contributed by atoms with Gasteiger partial charge in [-0.15, -0.1) is 0 Å². The van der Waals surface area contributed by atoms with Crippen molar-refractivity contribution >= 4 is 12.0 Å². The average molecular weight is 255 g/mol. The quantitative estimate of drug-likeness (QED) is 0.708. The number of carboxylic acids is 1. The van der Waals surface area contributed by atoms with Gasteiger partial charge in [0.15, 0.2) is 0 Å². The van der Waals surface area contributed by atoms with E-state index in [2.05, 4.69) is 5.32 Å². The fourth-order valence-corrected chi connectivity index (χ4v) is 2.68. The first-order chi connectivity index (χ1) is 8.55. The smallest absolute Gasteiger partial charge is 0.329 e. The molecule has 2 amide bonds. The molecular formula is C12H21N3O3. The molecule has 2 N–H and O–H groups in total. The van der Waals surface area contributed by atoms with Crippen molar-refractivity contribution in [2.24, 2.45) is 0 Å². The molecule has 0 aromatic rings. The molecule has 0 saturated carbocycles. The number of carbonyl (C=O) groups is 2. The first-order valence-corrected chi connectivity index (χ1v) is 6.56. The van der Waals surface area contributed by atoms with E-state index in [0.717, 1.165) is 25.9 Å². The van der Waals surface area contributed by atoms with Crippen molar-refractivity contribution in [3.05, 3.63) is 0 Å². The number of amides is 2. The van der Waals surface area contributed by atoms with Crippen LogP contribution in [0.2, 0.25) is 0 Å². The number of urea groups is 1.